The van der Waals surface area contributed by atoms with Crippen LogP contribution in [0.2, 0.25) is 0 Å². The van der Waals surface area contributed by atoms with Crippen LogP contribution in [0, 0.1) is 17.1 Å². The Morgan fingerprint density at radius 2 is 1.89 bits per heavy atom. The number of halogens is 1. The molecule has 0 unspecified atom stereocenters. The van der Waals surface area contributed by atoms with Gasteiger partial charge in [-0.2, -0.15) is 5.26 Å². The monoisotopic (exact) mass is 383 g/mol. The Labute approximate surface area is 161 Å². The fourth-order valence-electron chi connectivity index (χ4n) is 2.40. The number of hydrogen-bond donors (Lipinski definition) is 1. The molecule has 0 aliphatic carbocycles. The Bertz CT molecular complexity index is 906. The van der Waals surface area contributed by atoms with Crippen LogP contribution in [0.5, 0.6) is 0 Å². The van der Waals surface area contributed by atoms with Crippen LogP contribution in [0.1, 0.15) is 23.7 Å². The summed E-state index contributed by atoms with van der Waals surface area (Å²) in [5, 5.41) is 11.3. The van der Waals surface area contributed by atoms with Gasteiger partial charge in [-0.15, -0.1) is 0 Å². The van der Waals surface area contributed by atoms with Gasteiger partial charge in [-0.05, 0) is 42.5 Å². The zero-order chi connectivity index (χ0) is 20.5. The van der Waals surface area contributed by atoms with Gasteiger partial charge in [0, 0.05) is 24.8 Å². The number of esters is 1. The normalized spacial score (nSPS) is 9.89. The van der Waals surface area contributed by atoms with Crippen LogP contribution in [0.4, 0.5) is 15.8 Å². The van der Waals surface area contributed by atoms with Crippen molar-refractivity contribution in [2.75, 3.05) is 23.4 Å². The van der Waals surface area contributed by atoms with Gasteiger partial charge < -0.3 is 15.0 Å². The molecule has 2 rings (SSSR count). The first-order valence-electron chi connectivity index (χ1n) is 8.38. The van der Waals surface area contributed by atoms with Crippen LogP contribution >= 0.6 is 0 Å². The standard InChI is InChI=1S/C20H18FN3O4/c1-14(25)23-17-5-2-4-15(12-17)20(27)28-13-19(26)24(11-3-10-22)18-8-6-16(21)7-9-18/h2,4-9,12H,3,11,13H2,1H3,(H,23,25). The molecule has 0 saturated carbocycles. The van der Waals surface area contributed by atoms with E-state index in [0.717, 1.165) is 0 Å². The maximum absolute atomic E-state index is 13.1. The van der Waals surface area contributed by atoms with Crippen molar-refractivity contribution in [1.82, 2.24) is 0 Å². The minimum atomic E-state index is -0.736. The summed E-state index contributed by atoms with van der Waals surface area (Å²) in [7, 11) is 0. The highest BCUT2D eigenvalue weighted by molar-refractivity contribution is 5.98. The summed E-state index contributed by atoms with van der Waals surface area (Å²) in [4.78, 5) is 37.0. The first kappa shape index (κ1) is 20.6. The van der Waals surface area contributed by atoms with Gasteiger partial charge in [0.1, 0.15) is 5.82 Å². The number of anilines is 2. The molecule has 0 aromatic heterocycles. The maximum atomic E-state index is 13.1. The lowest BCUT2D eigenvalue weighted by molar-refractivity contribution is -0.121. The molecule has 0 aliphatic rings. The predicted molar refractivity (Wildman–Crippen MR) is 100 cm³/mol. The van der Waals surface area contributed by atoms with Crippen molar-refractivity contribution in [3.8, 4) is 6.07 Å². The molecular weight excluding hydrogens is 365 g/mol. The van der Waals surface area contributed by atoms with E-state index in [9.17, 15) is 18.8 Å². The number of carbonyl (C=O) groups is 3. The minimum absolute atomic E-state index is 0.0653. The van der Waals surface area contributed by atoms with E-state index in [-0.39, 0.29) is 24.4 Å². The van der Waals surface area contributed by atoms with Gasteiger partial charge in [0.15, 0.2) is 6.61 Å². The third kappa shape index (κ3) is 5.92. The third-order valence-corrected chi connectivity index (χ3v) is 3.63. The number of rotatable bonds is 7. The first-order valence-corrected chi connectivity index (χ1v) is 8.38. The Balaban J connectivity index is 2.05. The predicted octanol–water partition coefficient (Wildman–Crippen LogP) is 2.89. The molecule has 0 heterocycles. The highest BCUT2D eigenvalue weighted by Crippen LogP contribution is 2.16. The number of amides is 2. The van der Waals surface area contributed by atoms with E-state index in [1.807, 2.05) is 6.07 Å². The Kier molecular flexibility index (Phi) is 7.22. The van der Waals surface area contributed by atoms with E-state index in [1.165, 1.54) is 48.2 Å². The lowest BCUT2D eigenvalue weighted by atomic mass is 10.2. The van der Waals surface area contributed by atoms with Gasteiger partial charge in [-0.3, -0.25) is 9.59 Å². The quantitative estimate of drug-likeness (QED) is 0.741. The average molecular weight is 383 g/mol. The Morgan fingerprint density at radius 3 is 2.54 bits per heavy atom. The molecule has 2 aromatic rings. The van der Waals surface area contributed by atoms with Crippen molar-refractivity contribution >= 4 is 29.2 Å². The molecule has 2 amide bonds. The molecule has 0 atom stereocenters. The molecule has 144 valence electrons. The molecule has 0 bridgehead atoms. The Morgan fingerprint density at radius 1 is 1.18 bits per heavy atom. The smallest absolute Gasteiger partial charge is 0.338 e. The summed E-state index contributed by atoms with van der Waals surface area (Å²) >= 11 is 0. The van der Waals surface area contributed by atoms with E-state index in [2.05, 4.69) is 5.32 Å². The van der Waals surface area contributed by atoms with Crippen LogP contribution in [-0.4, -0.2) is 30.9 Å². The van der Waals surface area contributed by atoms with Crippen molar-refractivity contribution in [1.29, 1.82) is 5.26 Å². The highest BCUT2D eigenvalue weighted by Gasteiger charge is 2.18. The molecule has 0 radical (unpaired) electrons. The summed E-state index contributed by atoms with van der Waals surface area (Å²) < 4.78 is 18.2. The van der Waals surface area contributed by atoms with Gasteiger partial charge >= 0.3 is 5.97 Å². The maximum Gasteiger partial charge on any atom is 0.338 e. The van der Waals surface area contributed by atoms with Gasteiger partial charge in [0.05, 0.1) is 18.1 Å². The van der Waals surface area contributed by atoms with Crippen LogP contribution in [0.15, 0.2) is 48.5 Å². The SMILES string of the molecule is CC(=O)Nc1cccc(C(=O)OCC(=O)N(CCC#N)c2ccc(F)cc2)c1. The van der Waals surface area contributed by atoms with Crippen molar-refractivity contribution in [2.24, 2.45) is 0 Å². The molecule has 1 N–H and O–H groups in total. The zero-order valence-corrected chi connectivity index (χ0v) is 15.1. The first-order chi connectivity index (χ1) is 13.4. The summed E-state index contributed by atoms with van der Waals surface area (Å²) in [5.74, 6) is -2.02. The summed E-state index contributed by atoms with van der Waals surface area (Å²) in [6, 6.07) is 13.2. The topological polar surface area (TPSA) is 99.5 Å². The zero-order valence-electron chi connectivity index (χ0n) is 15.1. The summed E-state index contributed by atoms with van der Waals surface area (Å²) in [6.07, 6.45) is 0.0653. The van der Waals surface area contributed by atoms with E-state index in [1.54, 1.807) is 12.1 Å². The van der Waals surface area contributed by atoms with E-state index in [0.29, 0.717) is 11.4 Å². The van der Waals surface area contributed by atoms with Gasteiger partial charge in [-0.1, -0.05) is 6.07 Å². The third-order valence-electron chi connectivity index (χ3n) is 3.63. The fourth-order valence-corrected chi connectivity index (χ4v) is 2.40. The molecule has 7 nitrogen and oxygen atoms in total. The number of ether oxygens (including phenoxy) is 1. The van der Waals surface area contributed by atoms with Crippen molar-refractivity contribution in [3.63, 3.8) is 0 Å². The number of nitrogens with one attached hydrogen (secondary N) is 1. The lowest BCUT2D eigenvalue weighted by Gasteiger charge is -2.21. The minimum Gasteiger partial charge on any atom is -0.452 e. The number of nitrogens with zero attached hydrogens (tertiary/aromatic N) is 2. The molecule has 0 saturated heterocycles. The van der Waals surface area contributed by atoms with Gasteiger partial charge in [0.25, 0.3) is 5.91 Å². The van der Waals surface area contributed by atoms with Gasteiger partial charge in [0.2, 0.25) is 5.91 Å². The molecular formula is C20H18FN3O4. The number of nitriles is 1. The van der Waals surface area contributed by atoms with Crippen LogP contribution in [-0.2, 0) is 14.3 Å². The van der Waals surface area contributed by atoms with E-state index >= 15 is 0 Å². The number of benzene rings is 2. The van der Waals surface area contributed by atoms with Crippen LogP contribution in [0.25, 0.3) is 0 Å². The van der Waals surface area contributed by atoms with Crippen molar-refractivity contribution in [3.05, 3.63) is 59.9 Å². The molecule has 0 spiro atoms. The molecule has 8 heteroatoms. The largest absolute Gasteiger partial charge is 0.452 e. The van der Waals surface area contributed by atoms with Crippen LogP contribution in [0.3, 0.4) is 0 Å². The van der Waals surface area contributed by atoms with E-state index < -0.39 is 24.3 Å². The molecule has 28 heavy (non-hydrogen) atoms. The second kappa shape index (κ2) is 9.83. The summed E-state index contributed by atoms with van der Waals surface area (Å²) in [5.41, 5.74) is 0.991. The molecule has 2 aromatic carbocycles. The second-order valence-electron chi connectivity index (χ2n) is 5.77. The highest BCUT2D eigenvalue weighted by atomic mass is 19.1. The molecule has 0 fully saturated rings. The average Bonchev–Trinajstić information content (AvgIpc) is 2.67. The summed E-state index contributed by atoms with van der Waals surface area (Å²) in [6.45, 7) is 0.872. The second-order valence-corrected chi connectivity index (χ2v) is 5.77. The van der Waals surface area contributed by atoms with E-state index in [4.69, 9.17) is 10.00 Å². The number of carbonyl (C=O) groups excluding carboxylic acids is 3. The fraction of sp³-hybridized carbons (Fsp3) is 0.200. The lowest BCUT2D eigenvalue weighted by Crippen LogP contribution is -2.35. The van der Waals surface area contributed by atoms with Crippen molar-refractivity contribution < 1.29 is 23.5 Å². The number of hydrogen-bond acceptors (Lipinski definition) is 5. The van der Waals surface area contributed by atoms with Crippen LogP contribution < -0.4 is 10.2 Å². The van der Waals surface area contributed by atoms with Crippen molar-refractivity contribution in [2.45, 2.75) is 13.3 Å². The molecule has 0 aliphatic heterocycles. The van der Waals surface area contributed by atoms with Gasteiger partial charge in [-0.25, -0.2) is 9.18 Å². The Hall–Kier alpha value is -3.73.